The molecule has 5 amide bonds. The highest BCUT2D eigenvalue weighted by atomic mass is 35.5. The van der Waals surface area contributed by atoms with Crippen LogP contribution in [0.3, 0.4) is 0 Å². The maximum absolute atomic E-state index is 12.8. The largest absolute Gasteiger partial charge is 0.481 e. The van der Waals surface area contributed by atoms with Gasteiger partial charge in [-0.1, -0.05) is 0 Å². The van der Waals surface area contributed by atoms with E-state index in [1.54, 1.807) is 28.1 Å². The minimum absolute atomic E-state index is 0.0111. The number of alkyl halides is 1. The second-order valence-electron chi connectivity index (χ2n) is 10.0. The first-order chi connectivity index (χ1) is 22.6. The van der Waals surface area contributed by atoms with Crippen molar-refractivity contribution in [2.75, 3.05) is 63.4 Å². The lowest BCUT2D eigenvalue weighted by molar-refractivity contribution is -0.117. The molecule has 3 N–H and O–H groups in total. The lowest BCUT2D eigenvalue weighted by Gasteiger charge is -2.29. The first-order valence-corrected chi connectivity index (χ1v) is 16.8. The van der Waals surface area contributed by atoms with E-state index < -0.39 is 26.9 Å². The number of amides is 5. The summed E-state index contributed by atoms with van der Waals surface area (Å²) in [5.74, 6) is -0.874. The SMILES string of the molecule is COC[C@H](C)N(C(=O)CCl)c1c(C)csc1C.COc1cc(OC)nc(NC(=O)NS(=O)(=O)c2cc(NC=O)ccc2C(=O)N(C)C)n1. The Balaban J connectivity index is 0.000000397. The van der Waals surface area contributed by atoms with E-state index in [1.807, 2.05) is 20.8 Å². The zero-order chi connectivity index (χ0) is 36.2. The molecule has 2 heterocycles. The maximum Gasteiger partial charge on any atom is 0.335 e. The van der Waals surface area contributed by atoms with Crippen molar-refractivity contribution in [2.24, 2.45) is 0 Å². The number of carbonyl (C=O) groups excluding carboxylic acids is 4. The van der Waals surface area contributed by atoms with Crippen LogP contribution in [0.4, 0.5) is 22.1 Å². The summed E-state index contributed by atoms with van der Waals surface area (Å²) in [5.41, 5.74) is 1.98. The molecule has 0 spiro atoms. The van der Waals surface area contributed by atoms with Gasteiger partial charge < -0.3 is 29.3 Å². The topological polar surface area (TPSA) is 198 Å². The Morgan fingerprint density at radius 1 is 1.06 bits per heavy atom. The summed E-state index contributed by atoms with van der Waals surface area (Å²) in [6, 6.07) is 3.75. The van der Waals surface area contributed by atoms with Gasteiger partial charge in [-0.25, -0.2) is 17.9 Å². The lowest BCUT2D eigenvalue weighted by Crippen LogP contribution is -2.42. The van der Waals surface area contributed by atoms with Crippen LogP contribution in [0.5, 0.6) is 11.8 Å². The molecule has 1 atom stereocenters. The minimum atomic E-state index is -4.54. The Morgan fingerprint density at radius 2 is 1.69 bits per heavy atom. The number of methoxy groups -OCH3 is 3. The highest BCUT2D eigenvalue weighted by Crippen LogP contribution is 2.32. The molecule has 3 aromatic rings. The highest BCUT2D eigenvalue weighted by Gasteiger charge is 2.27. The summed E-state index contributed by atoms with van der Waals surface area (Å²) in [6.45, 7) is 6.48. The van der Waals surface area contributed by atoms with Gasteiger partial charge in [0.25, 0.3) is 15.9 Å². The Labute approximate surface area is 287 Å². The molecule has 0 unspecified atom stereocenters. The Bertz CT molecular complexity index is 1680. The fraction of sp³-hybridized carbons (Fsp3) is 0.379. The van der Waals surface area contributed by atoms with E-state index in [9.17, 15) is 27.6 Å². The van der Waals surface area contributed by atoms with Crippen LogP contribution in [0.1, 0.15) is 27.7 Å². The summed E-state index contributed by atoms with van der Waals surface area (Å²) >= 11 is 7.33. The number of carbonyl (C=O) groups is 4. The number of nitrogens with one attached hydrogen (secondary N) is 3. The van der Waals surface area contributed by atoms with Gasteiger partial charge in [0, 0.05) is 31.8 Å². The molecule has 0 aliphatic rings. The quantitative estimate of drug-likeness (QED) is 0.173. The molecular weight excluding hydrogens is 690 g/mol. The fourth-order valence-corrected chi connectivity index (χ4v) is 6.29. The van der Waals surface area contributed by atoms with E-state index in [2.05, 4.69) is 26.0 Å². The number of thiophene rings is 1. The Morgan fingerprint density at radius 3 is 2.17 bits per heavy atom. The van der Waals surface area contributed by atoms with Gasteiger partial charge in [0.2, 0.25) is 30.0 Å². The van der Waals surface area contributed by atoms with Crippen LogP contribution < -0.4 is 29.7 Å². The van der Waals surface area contributed by atoms with Gasteiger partial charge in [-0.2, -0.15) is 9.97 Å². The molecule has 0 fully saturated rings. The number of aromatic nitrogens is 2. The normalized spacial score (nSPS) is 11.3. The summed E-state index contributed by atoms with van der Waals surface area (Å²) in [5, 5.41) is 6.49. The fourth-order valence-electron chi connectivity index (χ4n) is 4.19. The van der Waals surface area contributed by atoms with E-state index in [-0.39, 0.29) is 46.8 Å². The number of benzene rings is 1. The van der Waals surface area contributed by atoms with E-state index in [4.69, 9.17) is 25.8 Å². The number of sulfonamides is 1. The van der Waals surface area contributed by atoms with Crippen molar-refractivity contribution in [2.45, 2.75) is 31.7 Å². The van der Waals surface area contributed by atoms with E-state index in [1.165, 1.54) is 46.5 Å². The Hall–Kier alpha value is -4.52. The summed E-state index contributed by atoms with van der Waals surface area (Å²) in [7, 11) is 2.62. The van der Waals surface area contributed by atoms with Gasteiger partial charge in [0.05, 0.1) is 44.2 Å². The molecule has 0 radical (unpaired) electrons. The number of rotatable bonds is 13. The van der Waals surface area contributed by atoms with Crippen molar-refractivity contribution in [3.05, 3.63) is 45.6 Å². The van der Waals surface area contributed by atoms with Crippen LogP contribution in [0, 0.1) is 13.8 Å². The van der Waals surface area contributed by atoms with E-state index in [0.717, 1.165) is 27.1 Å². The third-order valence-electron chi connectivity index (χ3n) is 6.28. The Kier molecular flexibility index (Phi) is 15.0. The van der Waals surface area contributed by atoms with Crippen molar-refractivity contribution < 1.29 is 41.8 Å². The van der Waals surface area contributed by atoms with Crippen LogP contribution in [-0.4, -0.2) is 101 Å². The molecular formula is C29H38ClN7O9S2. The zero-order valence-electron chi connectivity index (χ0n) is 27.6. The van der Waals surface area contributed by atoms with Gasteiger partial charge in [-0.15, -0.1) is 22.9 Å². The molecule has 0 bridgehead atoms. The maximum atomic E-state index is 12.8. The molecule has 0 aliphatic heterocycles. The smallest absolute Gasteiger partial charge is 0.335 e. The molecule has 0 saturated heterocycles. The molecule has 19 heteroatoms. The average Bonchev–Trinajstić information content (AvgIpc) is 3.37. The first kappa shape index (κ1) is 39.7. The van der Waals surface area contributed by atoms with E-state index >= 15 is 0 Å². The number of anilines is 3. The monoisotopic (exact) mass is 727 g/mol. The van der Waals surface area contributed by atoms with Crippen molar-refractivity contribution in [3.63, 3.8) is 0 Å². The third kappa shape index (κ3) is 10.5. The highest BCUT2D eigenvalue weighted by molar-refractivity contribution is 7.90. The van der Waals surface area contributed by atoms with Gasteiger partial charge in [-0.05, 0) is 49.9 Å². The molecule has 16 nitrogen and oxygen atoms in total. The van der Waals surface area contributed by atoms with Crippen LogP contribution in [-0.2, 0) is 24.3 Å². The molecule has 48 heavy (non-hydrogen) atoms. The second kappa shape index (κ2) is 18.1. The molecule has 262 valence electrons. The number of aryl methyl sites for hydroxylation is 2. The standard InChI is InChI=1S/C17H20N6O7S.C12H18ClNO2S/c1-23(2)15(25)11-6-5-10(18-9-24)7-12(11)31(27,28)22-17(26)21-16-19-13(29-3)8-14(20-16)30-4;1-8-7-17-10(3)12(8)14(11(15)5-13)9(2)6-16-4/h5-9H,1-4H3,(H,18,24)(H2,19,20,21,22,26);7,9H,5-6H2,1-4H3/t;9-/m.0/s1. The van der Waals surface area contributed by atoms with Gasteiger partial charge in [-0.3, -0.25) is 19.7 Å². The number of hydrogen-bond donors (Lipinski definition) is 3. The van der Waals surface area contributed by atoms with Crippen LogP contribution in [0.25, 0.3) is 0 Å². The van der Waals surface area contributed by atoms with Gasteiger partial charge >= 0.3 is 6.03 Å². The van der Waals surface area contributed by atoms with Crippen molar-refractivity contribution in [1.29, 1.82) is 0 Å². The van der Waals surface area contributed by atoms with Gasteiger partial charge in [0.1, 0.15) is 10.8 Å². The summed E-state index contributed by atoms with van der Waals surface area (Å²) < 4.78 is 42.5. The van der Waals surface area contributed by atoms with Crippen molar-refractivity contribution in [3.8, 4) is 11.8 Å². The molecule has 1 aromatic carbocycles. The average molecular weight is 728 g/mol. The number of nitrogens with zero attached hydrogens (tertiary/aromatic N) is 4. The molecule has 2 aromatic heterocycles. The predicted molar refractivity (Wildman–Crippen MR) is 182 cm³/mol. The number of halogens is 1. The van der Waals surface area contributed by atoms with Crippen molar-refractivity contribution in [1.82, 2.24) is 19.6 Å². The lowest BCUT2D eigenvalue weighted by atomic mass is 10.2. The molecule has 0 saturated carbocycles. The van der Waals surface area contributed by atoms with E-state index in [0.29, 0.717) is 13.0 Å². The van der Waals surface area contributed by atoms with Crippen molar-refractivity contribution >= 4 is 74.5 Å². The minimum Gasteiger partial charge on any atom is -0.481 e. The van der Waals surface area contributed by atoms with Gasteiger partial charge in [0.15, 0.2) is 0 Å². The number of hydrogen-bond acceptors (Lipinski definition) is 12. The van der Waals surface area contributed by atoms with Crippen LogP contribution in [0.2, 0.25) is 0 Å². The third-order valence-corrected chi connectivity index (χ3v) is 8.89. The molecule has 3 rings (SSSR count). The zero-order valence-corrected chi connectivity index (χ0v) is 30.0. The van der Waals surface area contributed by atoms with Crippen LogP contribution >= 0.6 is 22.9 Å². The summed E-state index contributed by atoms with van der Waals surface area (Å²) in [4.78, 5) is 58.6. The first-order valence-electron chi connectivity index (χ1n) is 13.9. The predicted octanol–water partition coefficient (Wildman–Crippen LogP) is 3.25. The summed E-state index contributed by atoms with van der Waals surface area (Å²) in [6.07, 6.45) is 0.340. The second-order valence-corrected chi connectivity index (χ2v) is 13.0. The van der Waals surface area contributed by atoms with Crippen LogP contribution in [0.15, 0.2) is 34.5 Å². The number of ether oxygens (including phenoxy) is 3. The molecule has 0 aliphatic carbocycles. The number of urea groups is 1.